The van der Waals surface area contributed by atoms with Crippen molar-refractivity contribution >= 4 is 44.0 Å². The Morgan fingerprint density at radius 1 is 1.03 bits per heavy atom. The molecule has 10 nitrogen and oxygen atoms in total. The first-order chi connectivity index (χ1) is 15.2. The molecule has 1 amide bonds. The molecule has 0 aliphatic carbocycles. The zero-order valence-electron chi connectivity index (χ0n) is 16.3. The molecular formula is C20H16FN3O7S. The maximum Gasteiger partial charge on any atom is 0.321 e. The molecule has 0 heterocycles. The number of nitrogens with one attached hydrogen (secondary N) is 2. The Labute approximate surface area is 181 Å². The molecule has 0 saturated carbocycles. The minimum Gasteiger partial charge on any atom is -0.455 e. The fraction of sp³-hybridized carbons (Fsp3) is 0.100. The number of hydrogen-bond acceptors (Lipinski definition) is 7. The zero-order chi connectivity index (χ0) is 23.3. The fourth-order valence-corrected chi connectivity index (χ4v) is 3.70. The molecule has 0 aliphatic heterocycles. The largest absolute Gasteiger partial charge is 0.455 e. The number of halogens is 1. The molecule has 0 saturated heterocycles. The summed E-state index contributed by atoms with van der Waals surface area (Å²) in [5.41, 5.74) is -0.904. The molecule has 0 spiro atoms. The van der Waals surface area contributed by atoms with Crippen LogP contribution in [0.2, 0.25) is 0 Å². The van der Waals surface area contributed by atoms with E-state index in [9.17, 15) is 32.5 Å². The fourth-order valence-electron chi connectivity index (χ4n) is 2.70. The van der Waals surface area contributed by atoms with Crippen molar-refractivity contribution in [1.82, 2.24) is 4.72 Å². The van der Waals surface area contributed by atoms with Crippen LogP contribution in [0.3, 0.4) is 0 Å². The minimum absolute atomic E-state index is 0.0420. The number of rotatable bonds is 8. The summed E-state index contributed by atoms with van der Waals surface area (Å²) in [5.74, 6) is -2.94. The normalized spacial score (nSPS) is 11.2. The van der Waals surface area contributed by atoms with E-state index in [1.165, 1.54) is 12.1 Å². The Hall–Kier alpha value is -3.90. The van der Waals surface area contributed by atoms with Gasteiger partial charge in [0.25, 0.3) is 5.91 Å². The molecule has 0 atom stereocenters. The number of ether oxygens (including phenoxy) is 1. The van der Waals surface area contributed by atoms with Crippen molar-refractivity contribution in [3.05, 3.63) is 76.6 Å². The van der Waals surface area contributed by atoms with Crippen molar-refractivity contribution in [3.63, 3.8) is 0 Å². The molecule has 12 heteroatoms. The topological polar surface area (TPSA) is 145 Å². The summed E-state index contributed by atoms with van der Waals surface area (Å²) in [4.78, 5) is 33.4. The summed E-state index contributed by atoms with van der Waals surface area (Å²) in [6, 6.07) is 14.4. The van der Waals surface area contributed by atoms with Crippen LogP contribution in [-0.2, 0) is 24.3 Å². The van der Waals surface area contributed by atoms with E-state index in [-0.39, 0.29) is 10.6 Å². The Bertz CT molecular complexity index is 1310. The molecule has 166 valence electrons. The van der Waals surface area contributed by atoms with Crippen LogP contribution in [0.15, 0.2) is 65.6 Å². The monoisotopic (exact) mass is 461 g/mol. The number of esters is 1. The number of anilines is 1. The second kappa shape index (κ2) is 9.49. The van der Waals surface area contributed by atoms with Gasteiger partial charge in [0, 0.05) is 11.8 Å². The highest BCUT2D eigenvalue weighted by Gasteiger charge is 2.18. The first-order valence-electron chi connectivity index (χ1n) is 9.03. The third kappa shape index (κ3) is 5.62. The number of carbonyl (C=O) groups is 2. The highest BCUT2D eigenvalue weighted by molar-refractivity contribution is 7.89. The second-order valence-corrected chi connectivity index (χ2v) is 8.23. The first kappa shape index (κ1) is 22.8. The number of sulfonamides is 1. The quantitative estimate of drug-likeness (QED) is 0.298. The van der Waals surface area contributed by atoms with Gasteiger partial charge >= 0.3 is 11.7 Å². The van der Waals surface area contributed by atoms with Crippen LogP contribution in [0, 0.1) is 15.9 Å². The molecule has 0 aliphatic rings. The smallest absolute Gasteiger partial charge is 0.321 e. The van der Waals surface area contributed by atoms with E-state index < -0.39 is 51.5 Å². The lowest BCUT2D eigenvalue weighted by atomic mass is 10.1. The van der Waals surface area contributed by atoms with Gasteiger partial charge in [-0.15, -0.1) is 0 Å². The summed E-state index contributed by atoms with van der Waals surface area (Å²) < 4.78 is 44.9. The van der Waals surface area contributed by atoms with Crippen molar-refractivity contribution in [3.8, 4) is 0 Å². The van der Waals surface area contributed by atoms with Gasteiger partial charge in [-0.1, -0.05) is 30.3 Å². The standard InChI is InChI=1S/C20H16FN3O7S/c21-17-8-6-15(10-18(17)24(27)28)23-19(25)12-31-20(26)11-22-32(29,30)16-7-5-13-3-1-2-4-14(13)9-16/h1-10,22H,11-12H2,(H,23,25). The third-order valence-corrected chi connectivity index (χ3v) is 5.63. The maximum absolute atomic E-state index is 13.3. The summed E-state index contributed by atoms with van der Waals surface area (Å²) in [5, 5.41) is 14.5. The van der Waals surface area contributed by atoms with Crippen LogP contribution in [0.4, 0.5) is 15.8 Å². The molecule has 0 radical (unpaired) electrons. The number of nitro groups is 1. The number of nitrogens with zero attached hydrogens (tertiary/aromatic N) is 1. The average molecular weight is 461 g/mol. The Morgan fingerprint density at radius 3 is 2.47 bits per heavy atom. The Balaban J connectivity index is 1.52. The predicted octanol–water partition coefficient (Wildman–Crippen LogP) is 2.35. The van der Waals surface area contributed by atoms with Crippen molar-refractivity contribution < 1.29 is 32.1 Å². The number of carbonyl (C=O) groups excluding carboxylic acids is 2. The van der Waals surface area contributed by atoms with Crippen molar-refractivity contribution in [2.45, 2.75) is 4.90 Å². The molecule has 0 bridgehead atoms. The summed E-state index contributed by atoms with van der Waals surface area (Å²) in [7, 11) is -4.00. The van der Waals surface area contributed by atoms with E-state index in [0.29, 0.717) is 5.39 Å². The molecule has 0 unspecified atom stereocenters. The third-order valence-electron chi connectivity index (χ3n) is 4.23. The van der Waals surface area contributed by atoms with Crippen LogP contribution in [0.1, 0.15) is 0 Å². The molecule has 0 aromatic heterocycles. The van der Waals surface area contributed by atoms with E-state index in [1.807, 2.05) is 12.1 Å². The SMILES string of the molecule is O=C(COC(=O)CNS(=O)(=O)c1ccc2ccccc2c1)Nc1ccc(F)c([N+](=O)[O-])c1. The van der Waals surface area contributed by atoms with Gasteiger partial charge in [0.05, 0.1) is 9.82 Å². The minimum atomic E-state index is -4.00. The Kier molecular flexibility index (Phi) is 6.76. The van der Waals surface area contributed by atoms with Gasteiger partial charge < -0.3 is 10.1 Å². The van der Waals surface area contributed by atoms with E-state index in [0.717, 1.165) is 23.6 Å². The Morgan fingerprint density at radius 2 is 1.75 bits per heavy atom. The number of benzene rings is 3. The van der Waals surface area contributed by atoms with Gasteiger partial charge in [-0.3, -0.25) is 19.7 Å². The van der Waals surface area contributed by atoms with Crippen LogP contribution >= 0.6 is 0 Å². The van der Waals surface area contributed by atoms with Gasteiger partial charge in [0.1, 0.15) is 6.54 Å². The van der Waals surface area contributed by atoms with E-state index >= 15 is 0 Å². The number of nitro benzene ring substituents is 1. The second-order valence-electron chi connectivity index (χ2n) is 6.47. The van der Waals surface area contributed by atoms with E-state index in [2.05, 4.69) is 10.0 Å². The molecule has 0 fully saturated rings. The first-order valence-corrected chi connectivity index (χ1v) is 10.5. The highest BCUT2D eigenvalue weighted by atomic mass is 32.2. The molecular weight excluding hydrogens is 445 g/mol. The number of hydrogen-bond donors (Lipinski definition) is 2. The van der Waals surface area contributed by atoms with Crippen molar-refractivity contribution in [1.29, 1.82) is 0 Å². The zero-order valence-corrected chi connectivity index (χ0v) is 17.1. The molecule has 3 aromatic carbocycles. The lowest BCUT2D eigenvalue weighted by Crippen LogP contribution is -2.32. The highest BCUT2D eigenvalue weighted by Crippen LogP contribution is 2.21. The lowest BCUT2D eigenvalue weighted by Gasteiger charge is -2.09. The maximum atomic E-state index is 13.3. The van der Waals surface area contributed by atoms with Gasteiger partial charge in [-0.2, -0.15) is 9.11 Å². The van der Waals surface area contributed by atoms with Crippen molar-refractivity contribution in [2.24, 2.45) is 0 Å². The summed E-state index contributed by atoms with van der Waals surface area (Å²) in [6.07, 6.45) is 0. The van der Waals surface area contributed by atoms with Crippen LogP contribution < -0.4 is 10.0 Å². The van der Waals surface area contributed by atoms with Gasteiger partial charge in [0.15, 0.2) is 6.61 Å². The molecule has 3 aromatic rings. The predicted molar refractivity (Wildman–Crippen MR) is 112 cm³/mol. The van der Waals surface area contributed by atoms with Gasteiger partial charge in [-0.25, -0.2) is 8.42 Å². The van der Waals surface area contributed by atoms with Gasteiger partial charge in [-0.05, 0) is 35.0 Å². The average Bonchev–Trinajstić information content (AvgIpc) is 2.77. The molecule has 3 rings (SSSR count). The summed E-state index contributed by atoms with van der Waals surface area (Å²) >= 11 is 0. The van der Waals surface area contributed by atoms with Gasteiger partial charge in [0.2, 0.25) is 15.8 Å². The number of fused-ring (bicyclic) bond motifs is 1. The number of amides is 1. The molecule has 2 N–H and O–H groups in total. The van der Waals surface area contributed by atoms with Crippen LogP contribution in [-0.4, -0.2) is 38.4 Å². The van der Waals surface area contributed by atoms with Crippen LogP contribution in [0.5, 0.6) is 0 Å². The van der Waals surface area contributed by atoms with Crippen LogP contribution in [0.25, 0.3) is 10.8 Å². The van der Waals surface area contributed by atoms with Crippen molar-refractivity contribution in [2.75, 3.05) is 18.5 Å². The molecule has 32 heavy (non-hydrogen) atoms. The van der Waals surface area contributed by atoms with E-state index in [1.54, 1.807) is 18.2 Å². The van der Waals surface area contributed by atoms with E-state index in [4.69, 9.17) is 4.74 Å². The lowest BCUT2D eigenvalue weighted by molar-refractivity contribution is -0.387. The summed E-state index contributed by atoms with van der Waals surface area (Å²) in [6.45, 7) is -1.49.